The number of nitriles is 1. The van der Waals surface area contributed by atoms with Crippen LogP contribution in [0.1, 0.15) is 12.0 Å². The Morgan fingerprint density at radius 3 is 2.94 bits per heavy atom. The molecular weight excluding hydrogens is 246 g/mol. The second kappa shape index (κ2) is 5.81. The number of rotatable bonds is 5. The molecule has 7 nitrogen and oxygen atoms in total. The first-order valence-corrected chi connectivity index (χ1v) is 5.43. The number of aromatic nitrogens is 1. The highest BCUT2D eigenvalue weighted by Gasteiger charge is 2.21. The predicted molar refractivity (Wildman–Crippen MR) is 58.6 cm³/mol. The molecule has 0 bridgehead atoms. The monoisotopic (exact) mass is 253 g/mol. The predicted octanol–water partition coefficient (Wildman–Crippen LogP) is 1.43. The van der Waals surface area contributed by atoms with Gasteiger partial charge in [0.2, 0.25) is 0 Å². The lowest BCUT2D eigenvalue weighted by molar-refractivity contribution is -0.388. The van der Waals surface area contributed by atoms with Gasteiger partial charge in [0.05, 0.1) is 11.3 Å². The van der Waals surface area contributed by atoms with Crippen LogP contribution < -0.4 is 0 Å². The lowest BCUT2D eigenvalue weighted by Crippen LogP contribution is -2.00. The highest BCUT2D eigenvalue weighted by atomic mass is 32.2. The number of nitrogens with zero attached hydrogens (tertiary/aromatic N) is 3. The molecule has 0 atom stereocenters. The summed E-state index contributed by atoms with van der Waals surface area (Å²) in [7, 11) is 0. The van der Waals surface area contributed by atoms with Crippen molar-refractivity contribution in [3.05, 3.63) is 27.9 Å². The molecule has 1 aromatic heterocycles. The number of aliphatic carboxylic acids is 1. The van der Waals surface area contributed by atoms with E-state index < -0.39 is 10.9 Å². The van der Waals surface area contributed by atoms with E-state index in [4.69, 9.17) is 10.4 Å². The van der Waals surface area contributed by atoms with Crippen LogP contribution in [-0.4, -0.2) is 26.7 Å². The van der Waals surface area contributed by atoms with Crippen molar-refractivity contribution in [1.82, 2.24) is 4.98 Å². The van der Waals surface area contributed by atoms with E-state index in [1.54, 1.807) is 6.07 Å². The van der Waals surface area contributed by atoms with Crippen molar-refractivity contribution in [2.75, 3.05) is 5.75 Å². The molecule has 0 aliphatic carbocycles. The van der Waals surface area contributed by atoms with Crippen LogP contribution in [0.5, 0.6) is 0 Å². The van der Waals surface area contributed by atoms with Gasteiger partial charge in [-0.1, -0.05) is 11.8 Å². The van der Waals surface area contributed by atoms with Crippen molar-refractivity contribution >= 4 is 23.4 Å². The first-order chi connectivity index (χ1) is 8.06. The van der Waals surface area contributed by atoms with Gasteiger partial charge in [-0.3, -0.25) is 14.9 Å². The van der Waals surface area contributed by atoms with E-state index in [1.807, 2.05) is 0 Å². The van der Waals surface area contributed by atoms with E-state index in [9.17, 15) is 14.9 Å². The Kier molecular flexibility index (Phi) is 4.42. The maximum Gasteiger partial charge on any atom is 0.318 e. The zero-order chi connectivity index (χ0) is 12.8. The van der Waals surface area contributed by atoms with Gasteiger partial charge in [0.1, 0.15) is 11.6 Å². The van der Waals surface area contributed by atoms with Crippen LogP contribution in [0.15, 0.2) is 17.3 Å². The fraction of sp³-hybridized carbons (Fsp3) is 0.222. The Hall–Kier alpha value is -2.14. The first kappa shape index (κ1) is 12.9. The van der Waals surface area contributed by atoms with Crippen molar-refractivity contribution in [2.24, 2.45) is 0 Å². The summed E-state index contributed by atoms with van der Waals surface area (Å²) in [6, 6.07) is 2.95. The summed E-state index contributed by atoms with van der Waals surface area (Å²) < 4.78 is 0. The smallest absolute Gasteiger partial charge is 0.318 e. The molecule has 0 fully saturated rings. The van der Waals surface area contributed by atoms with Gasteiger partial charge in [0.25, 0.3) is 0 Å². The number of hydrogen-bond acceptors (Lipinski definition) is 6. The minimum atomic E-state index is -0.989. The van der Waals surface area contributed by atoms with Gasteiger partial charge in [0.15, 0.2) is 5.03 Å². The van der Waals surface area contributed by atoms with Gasteiger partial charge < -0.3 is 5.11 Å². The van der Waals surface area contributed by atoms with Gasteiger partial charge in [-0.25, -0.2) is 4.98 Å². The number of nitro groups is 1. The molecule has 88 valence electrons. The van der Waals surface area contributed by atoms with Gasteiger partial charge in [0, 0.05) is 11.9 Å². The van der Waals surface area contributed by atoms with Crippen molar-refractivity contribution in [1.29, 1.82) is 5.26 Å². The number of thioether (sulfide) groups is 1. The third kappa shape index (κ3) is 3.42. The van der Waals surface area contributed by atoms with Crippen LogP contribution in [0.2, 0.25) is 0 Å². The van der Waals surface area contributed by atoms with Crippen LogP contribution in [0.25, 0.3) is 0 Å². The molecule has 0 aliphatic rings. The number of carboxylic acids is 1. The Bertz CT molecular complexity index is 498. The Labute approximate surface area is 100 Å². The highest BCUT2D eigenvalue weighted by molar-refractivity contribution is 7.99. The van der Waals surface area contributed by atoms with Crippen LogP contribution in [-0.2, 0) is 4.79 Å². The molecule has 0 unspecified atom stereocenters. The van der Waals surface area contributed by atoms with Crippen molar-refractivity contribution in [3.63, 3.8) is 0 Å². The molecule has 0 aromatic carbocycles. The fourth-order valence-electron chi connectivity index (χ4n) is 1.04. The average molecular weight is 253 g/mol. The topological polar surface area (TPSA) is 117 Å². The molecule has 0 saturated carbocycles. The Morgan fingerprint density at radius 2 is 2.41 bits per heavy atom. The van der Waals surface area contributed by atoms with E-state index in [1.165, 1.54) is 12.3 Å². The zero-order valence-electron chi connectivity index (χ0n) is 8.49. The van der Waals surface area contributed by atoms with Crippen LogP contribution in [0, 0.1) is 21.4 Å². The SMILES string of the molecule is N#Cc1ccnc(SCCC(=O)O)c1[N+](=O)[O-]. The van der Waals surface area contributed by atoms with Gasteiger partial charge in [-0.15, -0.1) is 0 Å². The molecule has 0 amide bonds. The number of pyridine rings is 1. The molecule has 1 heterocycles. The van der Waals surface area contributed by atoms with Gasteiger partial charge >= 0.3 is 11.7 Å². The zero-order valence-corrected chi connectivity index (χ0v) is 9.31. The summed E-state index contributed by atoms with van der Waals surface area (Å²) in [6.45, 7) is 0. The maximum absolute atomic E-state index is 10.8. The quantitative estimate of drug-likeness (QED) is 0.479. The third-order valence-corrected chi connectivity index (χ3v) is 2.73. The van der Waals surface area contributed by atoms with E-state index in [0.717, 1.165) is 11.8 Å². The minimum absolute atomic E-state index is 0.0651. The van der Waals surface area contributed by atoms with E-state index in [2.05, 4.69) is 4.98 Å². The fourth-order valence-corrected chi connectivity index (χ4v) is 1.97. The van der Waals surface area contributed by atoms with E-state index >= 15 is 0 Å². The van der Waals surface area contributed by atoms with Gasteiger partial charge in [-0.05, 0) is 6.07 Å². The molecule has 1 rings (SSSR count). The van der Waals surface area contributed by atoms with Crippen LogP contribution in [0.3, 0.4) is 0 Å². The number of carboxylic acid groups (broad SMARTS) is 1. The van der Waals surface area contributed by atoms with Crippen LogP contribution in [0.4, 0.5) is 5.69 Å². The molecule has 1 aromatic rings. The second-order valence-corrected chi connectivity index (χ2v) is 3.96. The molecule has 8 heteroatoms. The van der Waals surface area contributed by atoms with Crippen molar-refractivity contribution < 1.29 is 14.8 Å². The maximum atomic E-state index is 10.8. The largest absolute Gasteiger partial charge is 0.481 e. The Balaban J connectivity index is 2.95. The molecule has 0 saturated heterocycles. The molecule has 0 radical (unpaired) electrons. The molecular formula is C9H7N3O4S. The number of carbonyl (C=O) groups is 1. The molecule has 0 spiro atoms. The molecule has 1 N–H and O–H groups in total. The third-order valence-electron chi connectivity index (χ3n) is 1.75. The summed E-state index contributed by atoms with van der Waals surface area (Å²) in [4.78, 5) is 24.2. The van der Waals surface area contributed by atoms with E-state index in [-0.39, 0.29) is 28.5 Å². The average Bonchev–Trinajstić information content (AvgIpc) is 2.27. The molecule has 0 aliphatic heterocycles. The summed E-state index contributed by atoms with van der Waals surface area (Å²) in [5.41, 5.74) is -0.451. The summed E-state index contributed by atoms with van der Waals surface area (Å²) in [5, 5.41) is 28.0. The van der Waals surface area contributed by atoms with Crippen molar-refractivity contribution in [3.8, 4) is 6.07 Å². The first-order valence-electron chi connectivity index (χ1n) is 4.44. The Morgan fingerprint density at radius 1 is 1.71 bits per heavy atom. The normalized spacial score (nSPS) is 9.59. The standard InChI is InChI=1S/C9H7N3O4S/c10-5-6-1-3-11-9(8(6)12(15)16)17-4-2-7(13)14/h1,3H,2,4H2,(H,13,14). The summed E-state index contributed by atoms with van der Waals surface area (Å²) in [6.07, 6.45) is 1.16. The number of hydrogen-bond donors (Lipinski definition) is 1. The summed E-state index contributed by atoms with van der Waals surface area (Å²) >= 11 is 0.949. The lowest BCUT2D eigenvalue weighted by atomic mass is 10.2. The second-order valence-electron chi connectivity index (χ2n) is 2.87. The van der Waals surface area contributed by atoms with Crippen LogP contribution >= 0.6 is 11.8 Å². The highest BCUT2D eigenvalue weighted by Crippen LogP contribution is 2.29. The summed E-state index contributed by atoms with van der Waals surface area (Å²) in [5.74, 6) is -0.825. The van der Waals surface area contributed by atoms with Crippen molar-refractivity contribution in [2.45, 2.75) is 11.4 Å². The minimum Gasteiger partial charge on any atom is -0.481 e. The van der Waals surface area contributed by atoms with E-state index in [0.29, 0.717) is 0 Å². The lowest BCUT2D eigenvalue weighted by Gasteiger charge is -2.01. The molecule has 17 heavy (non-hydrogen) atoms. The van der Waals surface area contributed by atoms with Gasteiger partial charge in [-0.2, -0.15) is 5.26 Å².